The number of ketones is 1. The van der Waals surface area contributed by atoms with Crippen LogP contribution < -0.4 is 0 Å². The van der Waals surface area contributed by atoms with Crippen molar-refractivity contribution >= 4 is 5.78 Å². The molecule has 0 unspecified atom stereocenters. The SMILES string of the molecule is Cc1cc(C)c(CC(=O)C2CCCCCCC2)c(C)c1. The van der Waals surface area contributed by atoms with Gasteiger partial charge in [0.1, 0.15) is 5.78 Å². The molecule has 0 aliphatic heterocycles. The van der Waals surface area contributed by atoms with Gasteiger partial charge in [0, 0.05) is 12.3 Å². The summed E-state index contributed by atoms with van der Waals surface area (Å²) in [6, 6.07) is 4.40. The fourth-order valence-electron chi connectivity index (χ4n) is 3.59. The highest BCUT2D eigenvalue weighted by Gasteiger charge is 2.20. The molecule has 0 aromatic heterocycles. The van der Waals surface area contributed by atoms with Gasteiger partial charge < -0.3 is 0 Å². The molecule has 0 radical (unpaired) electrons. The zero-order chi connectivity index (χ0) is 14.5. The van der Waals surface area contributed by atoms with E-state index in [4.69, 9.17) is 0 Å². The van der Waals surface area contributed by atoms with Crippen LogP contribution in [-0.2, 0) is 11.2 Å². The lowest BCUT2D eigenvalue weighted by Gasteiger charge is -2.19. The van der Waals surface area contributed by atoms with Gasteiger partial charge in [0.25, 0.3) is 0 Å². The van der Waals surface area contributed by atoms with E-state index in [1.165, 1.54) is 54.4 Å². The van der Waals surface area contributed by atoms with Gasteiger partial charge in [-0.2, -0.15) is 0 Å². The number of carbonyl (C=O) groups excluding carboxylic acids is 1. The third-order valence-electron chi connectivity index (χ3n) is 4.75. The highest BCUT2D eigenvalue weighted by atomic mass is 16.1. The summed E-state index contributed by atoms with van der Waals surface area (Å²) in [6.07, 6.45) is 9.33. The molecule has 2 rings (SSSR count). The van der Waals surface area contributed by atoms with Crippen molar-refractivity contribution in [2.24, 2.45) is 5.92 Å². The van der Waals surface area contributed by atoms with Gasteiger partial charge in [-0.3, -0.25) is 4.79 Å². The Bertz CT molecular complexity index is 442. The molecule has 0 amide bonds. The van der Waals surface area contributed by atoms with Crippen molar-refractivity contribution in [2.45, 2.75) is 72.1 Å². The van der Waals surface area contributed by atoms with E-state index in [1.54, 1.807) is 0 Å². The lowest BCUT2D eigenvalue weighted by molar-refractivity contribution is -0.122. The molecule has 1 heteroatoms. The maximum absolute atomic E-state index is 12.6. The molecule has 110 valence electrons. The summed E-state index contributed by atoms with van der Waals surface area (Å²) in [5.41, 5.74) is 5.12. The summed E-state index contributed by atoms with van der Waals surface area (Å²) in [5.74, 6) is 0.789. The quantitative estimate of drug-likeness (QED) is 0.749. The first-order chi connectivity index (χ1) is 9.58. The number of Topliss-reactive ketones (excluding diaryl/α,β-unsaturated/α-hetero) is 1. The van der Waals surface area contributed by atoms with Crippen LogP contribution in [0.5, 0.6) is 0 Å². The Kier molecular flexibility index (Phi) is 5.39. The van der Waals surface area contributed by atoms with E-state index >= 15 is 0 Å². The number of hydrogen-bond donors (Lipinski definition) is 0. The number of aryl methyl sites for hydroxylation is 3. The third kappa shape index (κ3) is 3.94. The van der Waals surface area contributed by atoms with Crippen LogP contribution in [0.4, 0.5) is 0 Å². The second-order valence-electron chi connectivity index (χ2n) is 6.56. The van der Waals surface area contributed by atoms with Crippen molar-refractivity contribution < 1.29 is 4.79 Å². The average molecular weight is 272 g/mol. The molecule has 0 atom stereocenters. The summed E-state index contributed by atoms with van der Waals surface area (Å²) < 4.78 is 0. The maximum Gasteiger partial charge on any atom is 0.140 e. The van der Waals surface area contributed by atoms with Crippen molar-refractivity contribution in [1.29, 1.82) is 0 Å². The van der Waals surface area contributed by atoms with E-state index in [1.807, 2.05) is 0 Å². The minimum atomic E-state index is 0.315. The molecule has 0 N–H and O–H groups in total. The number of rotatable bonds is 3. The molecule has 20 heavy (non-hydrogen) atoms. The van der Waals surface area contributed by atoms with Gasteiger partial charge in [-0.05, 0) is 50.3 Å². The van der Waals surface area contributed by atoms with Gasteiger partial charge in [-0.1, -0.05) is 49.8 Å². The molecule has 1 aliphatic rings. The average Bonchev–Trinajstić information content (AvgIpc) is 2.33. The zero-order valence-electron chi connectivity index (χ0n) is 13.3. The summed E-state index contributed by atoms with van der Waals surface area (Å²) in [5, 5.41) is 0. The Balaban J connectivity index is 2.06. The minimum Gasteiger partial charge on any atom is -0.299 e. The molecule has 1 aromatic carbocycles. The lowest BCUT2D eigenvalue weighted by atomic mass is 9.84. The molecular weight excluding hydrogens is 244 g/mol. The fraction of sp³-hybridized carbons (Fsp3) is 0.632. The highest BCUT2D eigenvalue weighted by molar-refractivity contribution is 5.84. The number of benzene rings is 1. The second kappa shape index (κ2) is 7.06. The summed E-state index contributed by atoms with van der Waals surface area (Å²) in [4.78, 5) is 12.6. The van der Waals surface area contributed by atoms with Crippen LogP contribution in [0.3, 0.4) is 0 Å². The topological polar surface area (TPSA) is 17.1 Å². The van der Waals surface area contributed by atoms with Crippen LogP contribution in [0, 0.1) is 26.7 Å². The molecule has 0 bridgehead atoms. The molecule has 1 aromatic rings. The van der Waals surface area contributed by atoms with Gasteiger partial charge in [0.2, 0.25) is 0 Å². The van der Waals surface area contributed by atoms with Gasteiger partial charge in [0.05, 0.1) is 0 Å². The van der Waals surface area contributed by atoms with E-state index in [-0.39, 0.29) is 0 Å². The first-order valence-corrected chi connectivity index (χ1v) is 8.17. The summed E-state index contributed by atoms with van der Waals surface area (Å²) >= 11 is 0. The maximum atomic E-state index is 12.6. The van der Waals surface area contributed by atoms with Gasteiger partial charge >= 0.3 is 0 Å². The normalized spacial score (nSPS) is 17.6. The van der Waals surface area contributed by atoms with E-state index in [2.05, 4.69) is 32.9 Å². The number of carbonyl (C=O) groups is 1. The Morgan fingerprint density at radius 1 is 0.950 bits per heavy atom. The van der Waals surface area contributed by atoms with Crippen LogP contribution in [0.25, 0.3) is 0 Å². The van der Waals surface area contributed by atoms with Crippen LogP contribution in [0.15, 0.2) is 12.1 Å². The summed E-state index contributed by atoms with van der Waals surface area (Å²) in [7, 11) is 0. The number of hydrogen-bond acceptors (Lipinski definition) is 1. The standard InChI is InChI=1S/C19H28O/c1-14-11-15(2)18(16(3)12-14)13-19(20)17-9-7-5-4-6-8-10-17/h11-12,17H,4-10,13H2,1-3H3. The predicted octanol–water partition coefficient (Wildman–Crippen LogP) is 5.08. The van der Waals surface area contributed by atoms with E-state index in [0.717, 1.165) is 12.8 Å². The molecule has 0 spiro atoms. The van der Waals surface area contributed by atoms with Crippen molar-refractivity contribution in [3.63, 3.8) is 0 Å². The van der Waals surface area contributed by atoms with Crippen molar-refractivity contribution in [3.05, 3.63) is 34.4 Å². The highest BCUT2D eigenvalue weighted by Crippen LogP contribution is 2.25. The van der Waals surface area contributed by atoms with Crippen molar-refractivity contribution in [1.82, 2.24) is 0 Å². The third-order valence-corrected chi connectivity index (χ3v) is 4.75. The minimum absolute atomic E-state index is 0.315. The van der Waals surface area contributed by atoms with Crippen molar-refractivity contribution in [3.8, 4) is 0 Å². The van der Waals surface area contributed by atoms with E-state index < -0.39 is 0 Å². The van der Waals surface area contributed by atoms with Crippen LogP contribution >= 0.6 is 0 Å². The van der Waals surface area contributed by atoms with Crippen LogP contribution in [-0.4, -0.2) is 5.78 Å². The smallest absolute Gasteiger partial charge is 0.140 e. The Hall–Kier alpha value is -1.11. The molecule has 0 saturated heterocycles. The fourth-order valence-corrected chi connectivity index (χ4v) is 3.59. The lowest BCUT2D eigenvalue weighted by Crippen LogP contribution is -2.19. The molecule has 0 heterocycles. The van der Waals surface area contributed by atoms with Gasteiger partial charge in [0.15, 0.2) is 0 Å². The molecule has 1 nitrogen and oxygen atoms in total. The van der Waals surface area contributed by atoms with Crippen molar-refractivity contribution in [2.75, 3.05) is 0 Å². The first-order valence-electron chi connectivity index (χ1n) is 8.17. The van der Waals surface area contributed by atoms with Crippen LogP contribution in [0.2, 0.25) is 0 Å². The summed E-state index contributed by atoms with van der Waals surface area (Å²) in [6.45, 7) is 6.40. The first kappa shape index (κ1) is 15.3. The van der Waals surface area contributed by atoms with Gasteiger partial charge in [-0.15, -0.1) is 0 Å². The van der Waals surface area contributed by atoms with Gasteiger partial charge in [-0.25, -0.2) is 0 Å². The Morgan fingerprint density at radius 3 is 2.00 bits per heavy atom. The molecule has 1 aliphatic carbocycles. The molecular formula is C19H28O. The predicted molar refractivity (Wildman–Crippen MR) is 85.2 cm³/mol. The van der Waals surface area contributed by atoms with Crippen LogP contribution in [0.1, 0.15) is 67.2 Å². The zero-order valence-corrected chi connectivity index (χ0v) is 13.3. The Labute approximate surface area is 123 Å². The monoisotopic (exact) mass is 272 g/mol. The molecule has 1 saturated carbocycles. The molecule has 1 fully saturated rings. The van der Waals surface area contributed by atoms with E-state index in [9.17, 15) is 4.79 Å². The largest absolute Gasteiger partial charge is 0.299 e. The second-order valence-corrected chi connectivity index (χ2v) is 6.56. The van der Waals surface area contributed by atoms with E-state index in [0.29, 0.717) is 18.1 Å². The Morgan fingerprint density at radius 2 is 1.45 bits per heavy atom.